The molecule has 0 spiro atoms. The van der Waals surface area contributed by atoms with Crippen LogP contribution in [0.3, 0.4) is 0 Å². The van der Waals surface area contributed by atoms with E-state index >= 15 is 0 Å². The van der Waals surface area contributed by atoms with Crippen molar-refractivity contribution < 1.29 is 4.42 Å². The average Bonchev–Trinajstić information content (AvgIpc) is 3.66. The molecule has 0 N–H and O–H groups in total. The minimum absolute atomic E-state index is 0.884. The maximum absolute atomic E-state index is 6.26. The molecule has 0 radical (unpaired) electrons. The fraction of sp³-hybridized carbons (Fsp3) is 0. The lowest BCUT2D eigenvalue weighted by atomic mass is 10.0. The predicted octanol–water partition coefficient (Wildman–Crippen LogP) is 11.8. The number of nitrogens with zero attached hydrogens (tertiary/aromatic N) is 2. The van der Waals surface area contributed by atoms with Gasteiger partial charge in [-0.1, -0.05) is 97.1 Å². The topological polar surface area (TPSA) is 21.3 Å². The van der Waals surface area contributed by atoms with Gasteiger partial charge in [0.2, 0.25) is 0 Å². The number of aromatic nitrogens is 1. The number of anilines is 3. The first kappa shape index (κ1) is 25.4. The van der Waals surface area contributed by atoms with Gasteiger partial charge >= 0.3 is 0 Å². The summed E-state index contributed by atoms with van der Waals surface area (Å²) in [5.41, 5.74) is 11.0. The van der Waals surface area contributed by atoms with E-state index in [1.807, 2.05) is 12.1 Å². The van der Waals surface area contributed by atoms with Gasteiger partial charge in [0.15, 0.2) is 0 Å². The molecular weight excluding hydrogens is 548 g/mol. The molecule has 0 saturated heterocycles. The third-order valence-electron chi connectivity index (χ3n) is 8.78. The fourth-order valence-corrected chi connectivity index (χ4v) is 6.76. The van der Waals surface area contributed by atoms with Crippen molar-refractivity contribution in [2.75, 3.05) is 4.90 Å². The second kappa shape index (κ2) is 10.3. The van der Waals surface area contributed by atoms with Gasteiger partial charge in [-0.05, 0) is 83.9 Å². The zero-order valence-electron chi connectivity index (χ0n) is 24.5. The summed E-state index contributed by atoms with van der Waals surface area (Å²) in [7, 11) is 0. The fourth-order valence-electron chi connectivity index (χ4n) is 6.76. The number of benzene rings is 7. The van der Waals surface area contributed by atoms with Crippen molar-refractivity contribution in [3.8, 4) is 16.8 Å². The Morgan fingerprint density at radius 3 is 1.87 bits per heavy atom. The van der Waals surface area contributed by atoms with E-state index in [1.165, 1.54) is 38.6 Å². The van der Waals surface area contributed by atoms with Gasteiger partial charge in [-0.2, -0.15) is 0 Å². The molecule has 45 heavy (non-hydrogen) atoms. The molecule has 0 amide bonds. The van der Waals surface area contributed by atoms with Crippen molar-refractivity contribution in [2.24, 2.45) is 0 Å². The van der Waals surface area contributed by atoms with Gasteiger partial charge in [-0.3, -0.25) is 0 Å². The highest BCUT2D eigenvalue weighted by molar-refractivity contribution is 6.13. The first-order valence-electron chi connectivity index (χ1n) is 15.3. The van der Waals surface area contributed by atoms with Crippen molar-refractivity contribution in [3.05, 3.63) is 170 Å². The minimum atomic E-state index is 0.884. The lowest BCUT2D eigenvalue weighted by molar-refractivity contribution is 0.669. The van der Waals surface area contributed by atoms with Crippen LogP contribution in [0.15, 0.2) is 174 Å². The quantitative estimate of drug-likeness (QED) is 0.203. The highest BCUT2D eigenvalue weighted by atomic mass is 16.3. The molecule has 3 nitrogen and oxygen atoms in total. The standard InChI is InChI=1S/C42H28N2O/c1-3-12-31(13-4-1)43(39-19-11-21-41-42(39)35-17-8-10-20-40(35)45-41)33-25-22-29(23-26-33)30-24-27-38-36(28-30)34-16-7-9-18-37(34)44(38)32-14-5-2-6-15-32/h1-28H. The molecule has 2 heterocycles. The first-order chi connectivity index (χ1) is 22.3. The van der Waals surface area contributed by atoms with Crippen LogP contribution in [0.25, 0.3) is 60.6 Å². The van der Waals surface area contributed by atoms with Crippen LogP contribution >= 0.6 is 0 Å². The molecule has 9 rings (SSSR count). The molecule has 0 unspecified atom stereocenters. The maximum Gasteiger partial charge on any atom is 0.137 e. The van der Waals surface area contributed by atoms with E-state index in [0.29, 0.717) is 0 Å². The number of fused-ring (bicyclic) bond motifs is 6. The van der Waals surface area contributed by atoms with Crippen molar-refractivity contribution in [2.45, 2.75) is 0 Å². The Bertz CT molecular complexity index is 2470. The van der Waals surface area contributed by atoms with Crippen molar-refractivity contribution >= 4 is 60.8 Å². The Balaban J connectivity index is 1.18. The number of hydrogen-bond donors (Lipinski definition) is 0. The molecule has 0 saturated carbocycles. The average molecular weight is 577 g/mol. The Labute approximate surface area is 260 Å². The Morgan fingerprint density at radius 1 is 0.422 bits per heavy atom. The van der Waals surface area contributed by atoms with Crippen LogP contribution in [0, 0.1) is 0 Å². The summed E-state index contributed by atoms with van der Waals surface area (Å²) in [6.07, 6.45) is 0. The molecule has 0 bridgehead atoms. The van der Waals surface area contributed by atoms with Crippen LogP contribution in [0.5, 0.6) is 0 Å². The Morgan fingerprint density at radius 2 is 1.04 bits per heavy atom. The smallest absolute Gasteiger partial charge is 0.137 e. The van der Waals surface area contributed by atoms with E-state index in [1.54, 1.807) is 0 Å². The monoisotopic (exact) mass is 576 g/mol. The number of furan rings is 1. The number of para-hydroxylation sites is 4. The van der Waals surface area contributed by atoms with Gasteiger partial charge in [-0.15, -0.1) is 0 Å². The molecule has 0 fully saturated rings. The molecule has 0 atom stereocenters. The van der Waals surface area contributed by atoms with E-state index in [-0.39, 0.29) is 0 Å². The number of hydrogen-bond acceptors (Lipinski definition) is 2. The van der Waals surface area contributed by atoms with E-state index in [0.717, 1.165) is 39.0 Å². The maximum atomic E-state index is 6.26. The SMILES string of the molecule is c1ccc(N(c2ccc(-c3ccc4c(c3)c3ccccc3n4-c3ccccc3)cc2)c2cccc3oc4ccccc4c23)cc1. The molecular formula is C42H28N2O. The zero-order chi connectivity index (χ0) is 29.7. The van der Waals surface area contributed by atoms with E-state index in [9.17, 15) is 0 Å². The van der Waals surface area contributed by atoms with E-state index < -0.39 is 0 Å². The van der Waals surface area contributed by atoms with Crippen LogP contribution in [0.2, 0.25) is 0 Å². The molecule has 0 aliphatic heterocycles. The molecule has 0 aliphatic carbocycles. The van der Waals surface area contributed by atoms with E-state index in [4.69, 9.17) is 4.42 Å². The summed E-state index contributed by atoms with van der Waals surface area (Å²) in [6, 6.07) is 60.1. The lowest BCUT2D eigenvalue weighted by Crippen LogP contribution is -2.10. The molecule has 2 aromatic heterocycles. The van der Waals surface area contributed by atoms with Gasteiger partial charge in [0.25, 0.3) is 0 Å². The number of rotatable bonds is 5. The summed E-state index contributed by atoms with van der Waals surface area (Å²) < 4.78 is 8.62. The lowest BCUT2D eigenvalue weighted by Gasteiger charge is -2.26. The Kier molecular flexibility index (Phi) is 5.82. The van der Waals surface area contributed by atoms with Gasteiger partial charge in [0.1, 0.15) is 11.2 Å². The van der Waals surface area contributed by atoms with Crippen molar-refractivity contribution in [1.29, 1.82) is 0 Å². The van der Waals surface area contributed by atoms with Crippen molar-refractivity contribution in [1.82, 2.24) is 4.57 Å². The summed E-state index contributed by atoms with van der Waals surface area (Å²) in [5.74, 6) is 0. The summed E-state index contributed by atoms with van der Waals surface area (Å²) in [4.78, 5) is 2.32. The van der Waals surface area contributed by atoms with Crippen LogP contribution in [0.4, 0.5) is 17.1 Å². The first-order valence-corrected chi connectivity index (χ1v) is 15.3. The van der Waals surface area contributed by atoms with Crippen LogP contribution in [0.1, 0.15) is 0 Å². The molecule has 3 heteroatoms. The molecule has 9 aromatic rings. The normalized spacial score (nSPS) is 11.6. The second-order valence-corrected chi connectivity index (χ2v) is 11.4. The molecule has 212 valence electrons. The van der Waals surface area contributed by atoms with Crippen LogP contribution in [-0.2, 0) is 0 Å². The highest BCUT2D eigenvalue weighted by Gasteiger charge is 2.19. The van der Waals surface area contributed by atoms with Crippen LogP contribution < -0.4 is 4.90 Å². The van der Waals surface area contributed by atoms with Gasteiger partial charge in [0, 0.05) is 33.2 Å². The molecule has 7 aromatic carbocycles. The summed E-state index contributed by atoms with van der Waals surface area (Å²) in [6.45, 7) is 0. The highest BCUT2D eigenvalue weighted by Crippen LogP contribution is 2.43. The largest absolute Gasteiger partial charge is 0.456 e. The Hall–Kier alpha value is -6.06. The van der Waals surface area contributed by atoms with Gasteiger partial charge < -0.3 is 13.9 Å². The minimum Gasteiger partial charge on any atom is -0.456 e. The third-order valence-corrected chi connectivity index (χ3v) is 8.78. The second-order valence-electron chi connectivity index (χ2n) is 11.4. The summed E-state index contributed by atoms with van der Waals surface area (Å²) >= 11 is 0. The van der Waals surface area contributed by atoms with Gasteiger partial charge in [-0.25, -0.2) is 0 Å². The zero-order valence-corrected chi connectivity index (χ0v) is 24.5. The van der Waals surface area contributed by atoms with Gasteiger partial charge in [0.05, 0.1) is 22.1 Å². The van der Waals surface area contributed by atoms with Crippen LogP contribution in [-0.4, -0.2) is 4.57 Å². The van der Waals surface area contributed by atoms with E-state index in [2.05, 4.69) is 167 Å². The molecule has 0 aliphatic rings. The third kappa shape index (κ3) is 4.13. The summed E-state index contributed by atoms with van der Waals surface area (Å²) in [5, 5.41) is 4.73. The van der Waals surface area contributed by atoms with Crippen molar-refractivity contribution in [3.63, 3.8) is 0 Å². The predicted molar refractivity (Wildman–Crippen MR) is 188 cm³/mol.